The molecule has 0 radical (unpaired) electrons. The van der Waals surface area contributed by atoms with Gasteiger partial charge in [-0.25, -0.2) is 4.39 Å². The number of benzene rings is 1. The number of aliphatic carboxylic acids is 1. The summed E-state index contributed by atoms with van der Waals surface area (Å²) >= 11 is 3.05. The van der Waals surface area contributed by atoms with Gasteiger partial charge in [0, 0.05) is 0 Å². The molecule has 0 aliphatic heterocycles. The number of alkyl halides is 1. The van der Waals surface area contributed by atoms with E-state index < -0.39 is 22.4 Å². The highest BCUT2D eigenvalue weighted by molar-refractivity contribution is 9.10. The van der Waals surface area contributed by atoms with Crippen LogP contribution in [0.1, 0.15) is 22.8 Å². The Labute approximate surface area is 100 Å². The maximum Gasteiger partial charge on any atom is 0.307 e. The number of hydrogen-bond donors (Lipinski definition) is 1. The van der Waals surface area contributed by atoms with Crippen molar-refractivity contribution in [3.8, 4) is 0 Å². The molecule has 0 spiro atoms. The smallest absolute Gasteiger partial charge is 0.307 e. The highest BCUT2D eigenvalue weighted by atomic mass is 79.9. The zero-order chi connectivity index (χ0) is 12.3. The quantitative estimate of drug-likeness (QED) is 0.684. The van der Waals surface area contributed by atoms with Gasteiger partial charge in [0.2, 0.25) is 0 Å². The number of ketones is 1. The highest BCUT2D eigenvalue weighted by Crippen LogP contribution is 2.19. The van der Waals surface area contributed by atoms with Crippen LogP contribution < -0.4 is 0 Å². The van der Waals surface area contributed by atoms with Crippen molar-refractivity contribution < 1.29 is 19.1 Å². The predicted octanol–water partition coefficient (Wildman–Crippen LogP) is 2.42. The average molecular weight is 289 g/mol. The van der Waals surface area contributed by atoms with Gasteiger partial charge in [0.15, 0.2) is 5.78 Å². The molecule has 3 nitrogen and oxygen atoms in total. The van der Waals surface area contributed by atoms with Gasteiger partial charge in [0.25, 0.3) is 0 Å². The van der Waals surface area contributed by atoms with Gasteiger partial charge in [0.05, 0.1) is 16.8 Å². The maximum atomic E-state index is 13.5. The van der Waals surface area contributed by atoms with Crippen LogP contribution in [-0.4, -0.2) is 21.7 Å². The fourth-order valence-electron chi connectivity index (χ4n) is 1.35. The van der Waals surface area contributed by atoms with Crippen LogP contribution in [0.25, 0.3) is 0 Å². The van der Waals surface area contributed by atoms with E-state index in [-0.39, 0.29) is 17.5 Å². The lowest BCUT2D eigenvalue weighted by Gasteiger charge is -2.09. The minimum absolute atomic E-state index is 0.144. The normalized spacial score (nSPS) is 12.2. The fourth-order valence-corrected chi connectivity index (χ4v) is 1.58. The Morgan fingerprint density at radius 3 is 2.62 bits per heavy atom. The van der Waals surface area contributed by atoms with Crippen molar-refractivity contribution in [3.63, 3.8) is 0 Å². The van der Waals surface area contributed by atoms with Crippen LogP contribution in [0.5, 0.6) is 0 Å². The maximum absolute atomic E-state index is 13.5. The van der Waals surface area contributed by atoms with Crippen LogP contribution >= 0.6 is 15.9 Å². The van der Waals surface area contributed by atoms with E-state index in [2.05, 4.69) is 15.9 Å². The summed E-state index contributed by atoms with van der Waals surface area (Å²) in [6, 6.07) is 3.98. The zero-order valence-electron chi connectivity index (χ0n) is 8.54. The molecular formula is C11H10BrFO3. The van der Waals surface area contributed by atoms with E-state index in [4.69, 9.17) is 5.11 Å². The molecule has 0 amide bonds. The van der Waals surface area contributed by atoms with Gasteiger partial charge < -0.3 is 5.11 Å². The second kappa shape index (κ2) is 5.21. The molecule has 1 atom stereocenters. The minimum atomic E-state index is -1.10. The number of carboxylic acids is 1. The topological polar surface area (TPSA) is 54.4 Å². The van der Waals surface area contributed by atoms with Crippen molar-refractivity contribution in [2.45, 2.75) is 18.2 Å². The van der Waals surface area contributed by atoms with Crippen molar-refractivity contribution in [2.24, 2.45) is 0 Å². The Balaban J connectivity index is 3.23. The Hall–Kier alpha value is -1.23. The molecule has 1 aromatic rings. The summed E-state index contributed by atoms with van der Waals surface area (Å²) in [4.78, 5) is 21.7. The molecule has 0 bridgehead atoms. The zero-order valence-corrected chi connectivity index (χ0v) is 10.1. The van der Waals surface area contributed by atoms with Crippen molar-refractivity contribution >= 4 is 27.7 Å². The third-order valence-corrected chi connectivity index (χ3v) is 2.47. The first-order valence-corrected chi connectivity index (χ1v) is 5.52. The molecule has 1 N–H and O–H groups in total. The van der Waals surface area contributed by atoms with Gasteiger partial charge in [-0.05, 0) is 18.6 Å². The minimum Gasteiger partial charge on any atom is -0.481 e. The molecule has 1 aromatic carbocycles. The highest BCUT2D eigenvalue weighted by Gasteiger charge is 2.21. The Bertz CT molecular complexity index is 429. The summed E-state index contributed by atoms with van der Waals surface area (Å²) in [6.07, 6.45) is -0.363. The molecule has 0 heterocycles. The number of Topliss-reactive ketones (excluding diaryl/α,β-unsaturated/α-hetero) is 1. The largest absolute Gasteiger partial charge is 0.481 e. The van der Waals surface area contributed by atoms with Crippen LogP contribution in [0.15, 0.2) is 18.2 Å². The first-order chi connectivity index (χ1) is 7.43. The summed E-state index contributed by atoms with van der Waals surface area (Å²) in [5, 5.41) is 8.66. The van der Waals surface area contributed by atoms with Gasteiger partial charge in [0.1, 0.15) is 5.82 Å². The third-order valence-electron chi connectivity index (χ3n) is 2.05. The van der Waals surface area contributed by atoms with E-state index in [1.807, 2.05) is 0 Å². The second-order valence-corrected chi connectivity index (χ2v) is 4.70. The van der Waals surface area contributed by atoms with Gasteiger partial charge in [-0.2, -0.15) is 0 Å². The molecule has 1 rings (SSSR count). The van der Waals surface area contributed by atoms with Crippen molar-refractivity contribution in [3.05, 3.63) is 35.1 Å². The molecule has 0 aromatic heterocycles. The number of rotatable bonds is 4. The summed E-state index contributed by atoms with van der Waals surface area (Å²) in [5.41, 5.74) is 0.0538. The molecule has 0 aliphatic carbocycles. The SMILES string of the molecule is CC(Br)C(=O)c1c(F)cccc1CC(=O)O. The van der Waals surface area contributed by atoms with Crippen molar-refractivity contribution in [1.29, 1.82) is 0 Å². The number of hydrogen-bond acceptors (Lipinski definition) is 2. The number of carbonyl (C=O) groups is 2. The van der Waals surface area contributed by atoms with Gasteiger partial charge in [-0.15, -0.1) is 0 Å². The molecule has 16 heavy (non-hydrogen) atoms. The predicted molar refractivity (Wildman–Crippen MR) is 60.5 cm³/mol. The lowest BCUT2D eigenvalue weighted by Crippen LogP contribution is -2.16. The summed E-state index contributed by atoms with van der Waals surface area (Å²) in [6.45, 7) is 1.57. The number of carbonyl (C=O) groups excluding carboxylic acids is 1. The molecule has 0 fully saturated rings. The summed E-state index contributed by atoms with van der Waals surface area (Å²) in [5.74, 6) is -2.23. The van der Waals surface area contributed by atoms with E-state index in [1.54, 1.807) is 6.92 Å². The van der Waals surface area contributed by atoms with E-state index in [1.165, 1.54) is 12.1 Å². The van der Waals surface area contributed by atoms with Crippen LogP contribution in [0.3, 0.4) is 0 Å². The van der Waals surface area contributed by atoms with Crippen LogP contribution in [-0.2, 0) is 11.2 Å². The second-order valence-electron chi connectivity index (χ2n) is 3.32. The average Bonchev–Trinajstić information content (AvgIpc) is 2.16. The van der Waals surface area contributed by atoms with E-state index in [9.17, 15) is 14.0 Å². The van der Waals surface area contributed by atoms with Crippen molar-refractivity contribution in [2.75, 3.05) is 0 Å². The van der Waals surface area contributed by atoms with Gasteiger partial charge in [-0.3, -0.25) is 9.59 Å². The van der Waals surface area contributed by atoms with Crippen LogP contribution in [0.2, 0.25) is 0 Å². The Morgan fingerprint density at radius 2 is 2.12 bits per heavy atom. The summed E-state index contributed by atoms with van der Waals surface area (Å²) in [7, 11) is 0. The van der Waals surface area contributed by atoms with Gasteiger partial charge in [-0.1, -0.05) is 28.1 Å². The lowest BCUT2D eigenvalue weighted by molar-refractivity contribution is -0.136. The standard InChI is InChI=1S/C11H10BrFO3/c1-6(12)11(16)10-7(5-9(14)15)3-2-4-8(10)13/h2-4,6H,5H2,1H3,(H,14,15). The van der Waals surface area contributed by atoms with Gasteiger partial charge >= 0.3 is 5.97 Å². The van der Waals surface area contributed by atoms with Crippen molar-refractivity contribution in [1.82, 2.24) is 0 Å². The Kier molecular flexibility index (Phi) is 4.18. The Morgan fingerprint density at radius 1 is 1.50 bits per heavy atom. The molecule has 0 saturated carbocycles. The monoisotopic (exact) mass is 288 g/mol. The molecular weight excluding hydrogens is 279 g/mol. The van der Waals surface area contributed by atoms with E-state index in [0.29, 0.717) is 0 Å². The fraction of sp³-hybridized carbons (Fsp3) is 0.273. The third kappa shape index (κ3) is 2.88. The first-order valence-electron chi connectivity index (χ1n) is 4.61. The lowest BCUT2D eigenvalue weighted by atomic mass is 9.99. The molecule has 1 unspecified atom stereocenters. The van der Waals surface area contributed by atoms with E-state index >= 15 is 0 Å². The van der Waals surface area contributed by atoms with Crippen LogP contribution in [0, 0.1) is 5.82 Å². The number of carboxylic acid groups (broad SMARTS) is 1. The molecule has 5 heteroatoms. The number of halogens is 2. The molecule has 0 saturated heterocycles. The molecule has 0 aliphatic rings. The summed E-state index contributed by atoms with van der Waals surface area (Å²) < 4.78 is 13.5. The van der Waals surface area contributed by atoms with Crippen LogP contribution in [0.4, 0.5) is 4.39 Å². The molecule has 86 valence electrons. The first kappa shape index (κ1) is 12.8. The van der Waals surface area contributed by atoms with E-state index in [0.717, 1.165) is 6.07 Å².